The number of nitrogens with zero attached hydrogens (tertiary/aromatic N) is 1. The van der Waals surface area contributed by atoms with Crippen molar-refractivity contribution in [1.82, 2.24) is 4.98 Å². The molecular weight excluding hydrogens is 310 g/mol. The Hall–Kier alpha value is -1.60. The zero-order valence-corrected chi connectivity index (χ0v) is 12.8. The molecule has 1 aromatic carbocycles. The molecule has 1 saturated heterocycles. The number of para-hydroxylation sites is 1. The lowest BCUT2D eigenvalue weighted by Crippen LogP contribution is -2.32. The number of hydrogen-bond donors (Lipinski definition) is 0. The van der Waals surface area contributed by atoms with Crippen molar-refractivity contribution in [3.63, 3.8) is 0 Å². The highest BCUT2D eigenvalue weighted by Crippen LogP contribution is 2.57. The number of cyclic esters (lactones) is 1. The van der Waals surface area contributed by atoms with Crippen LogP contribution in [0.1, 0.15) is 6.42 Å². The number of aromatic nitrogens is 1. The topological polar surface area (TPSA) is 73.3 Å². The molecular formula is C14H13NO4S2. The lowest BCUT2D eigenvalue weighted by molar-refractivity contribution is -0.140. The summed E-state index contributed by atoms with van der Waals surface area (Å²) in [5.74, 6) is -0.825. The second kappa shape index (κ2) is 4.45. The minimum atomic E-state index is -3.78. The van der Waals surface area contributed by atoms with Crippen molar-refractivity contribution in [2.24, 2.45) is 5.92 Å². The van der Waals surface area contributed by atoms with Gasteiger partial charge in [0.2, 0.25) is 0 Å². The number of esters is 1. The SMILES string of the molecule is O=C1OC[C@@H]2C[C@]12S(=O)(=O)c1cccc2cccnc12.S. The van der Waals surface area contributed by atoms with Gasteiger partial charge in [-0.05, 0) is 18.6 Å². The monoisotopic (exact) mass is 323 g/mol. The predicted molar refractivity (Wildman–Crippen MR) is 81.1 cm³/mol. The van der Waals surface area contributed by atoms with Crippen LogP contribution >= 0.6 is 13.5 Å². The summed E-state index contributed by atoms with van der Waals surface area (Å²) in [4.78, 5) is 16.2. The molecule has 0 spiro atoms. The van der Waals surface area contributed by atoms with Gasteiger partial charge in [-0.15, -0.1) is 0 Å². The third-order valence-corrected chi connectivity index (χ3v) is 6.71. The summed E-state index contributed by atoms with van der Waals surface area (Å²) < 4.78 is 29.3. The van der Waals surface area contributed by atoms with Gasteiger partial charge in [0, 0.05) is 17.5 Å². The molecule has 21 heavy (non-hydrogen) atoms. The Kier molecular flexibility index (Phi) is 3.04. The van der Waals surface area contributed by atoms with Gasteiger partial charge < -0.3 is 4.74 Å². The number of pyridine rings is 1. The van der Waals surface area contributed by atoms with Crippen LogP contribution in [0.25, 0.3) is 10.9 Å². The van der Waals surface area contributed by atoms with E-state index in [4.69, 9.17) is 4.74 Å². The number of hydrogen-bond acceptors (Lipinski definition) is 5. The summed E-state index contributed by atoms with van der Waals surface area (Å²) in [6, 6.07) is 8.54. The van der Waals surface area contributed by atoms with Crippen LogP contribution in [0.5, 0.6) is 0 Å². The molecule has 2 atom stereocenters. The summed E-state index contributed by atoms with van der Waals surface area (Å²) in [6.07, 6.45) is 1.91. The Balaban J connectivity index is 0.00000132. The van der Waals surface area contributed by atoms with Gasteiger partial charge in [-0.1, -0.05) is 18.2 Å². The average Bonchev–Trinajstić information content (AvgIpc) is 3.13. The Morgan fingerprint density at radius 1 is 1.24 bits per heavy atom. The fourth-order valence-corrected chi connectivity index (χ4v) is 5.26. The average molecular weight is 323 g/mol. The van der Waals surface area contributed by atoms with Crippen molar-refractivity contribution in [2.75, 3.05) is 6.61 Å². The van der Waals surface area contributed by atoms with Gasteiger partial charge in [-0.2, -0.15) is 13.5 Å². The number of rotatable bonds is 2. The molecule has 110 valence electrons. The highest BCUT2D eigenvalue weighted by Gasteiger charge is 2.74. The van der Waals surface area contributed by atoms with E-state index in [0.717, 1.165) is 5.39 Å². The smallest absolute Gasteiger partial charge is 0.328 e. The van der Waals surface area contributed by atoms with Crippen LogP contribution in [0.15, 0.2) is 41.4 Å². The van der Waals surface area contributed by atoms with E-state index in [1.807, 2.05) is 0 Å². The van der Waals surface area contributed by atoms with E-state index in [0.29, 0.717) is 11.9 Å². The van der Waals surface area contributed by atoms with E-state index in [9.17, 15) is 13.2 Å². The minimum Gasteiger partial charge on any atom is -0.464 e. The summed E-state index contributed by atoms with van der Waals surface area (Å²) >= 11 is 0. The molecule has 2 heterocycles. The molecule has 0 unspecified atom stereocenters. The first kappa shape index (κ1) is 14.3. The van der Waals surface area contributed by atoms with Crippen molar-refractivity contribution < 1.29 is 17.9 Å². The summed E-state index contributed by atoms with van der Waals surface area (Å²) in [5, 5.41) is 0.744. The summed E-state index contributed by atoms with van der Waals surface area (Å²) in [7, 11) is -3.78. The Morgan fingerprint density at radius 2 is 2.00 bits per heavy atom. The normalized spacial score (nSPS) is 26.9. The molecule has 1 aliphatic heterocycles. The molecule has 1 aliphatic carbocycles. The first-order chi connectivity index (χ1) is 9.57. The van der Waals surface area contributed by atoms with Gasteiger partial charge in [0.1, 0.15) is 0 Å². The fourth-order valence-electron chi connectivity index (χ4n) is 2.98. The van der Waals surface area contributed by atoms with Crippen LogP contribution in [-0.4, -0.2) is 30.7 Å². The van der Waals surface area contributed by atoms with Crippen LogP contribution in [-0.2, 0) is 19.4 Å². The molecule has 2 aliphatic rings. The van der Waals surface area contributed by atoms with Gasteiger partial charge in [-0.3, -0.25) is 9.78 Å². The van der Waals surface area contributed by atoms with E-state index in [-0.39, 0.29) is 30.9 Å². The highest BCUT2D eigenvalue weighted by atomic mass is 32.2. The fraction of sp³-hybridized carbons (Fsp3) is 0.286. The number of carbonyl (C=O) groups is 1. The van der Waals surface area contributed by atoms with Crippen LogP contribution in [0.3, 0.4) is 0 Å². The molecule has 2 aromatic rings. The largest absolute Gasteiger partial charge is 0.464 e. The second-order valence-corrected chi connectivity index (χ2v) is 7.40. The van der Waals surface area contributed by atoms with Crippen molar-refractivity contribution in [1.29, 1.82) is 0 Å². The predicted octanol–water partition coefficient (Wildman–Crippen LogP) is 1.44. The van der Waals surface area contributed by atoms with E-state index < -0.39 is 20.6 Å². The van der Waals surface area contributed by atoms with Gasteiger partial charge in [0.05, 0.1) is 17.0 Å². The molecule has 1 saturated carbocycles. The molecule has 0 amide bonds. The third-order valence-electron chi connectivity index (χ3n) is 4.17. The first-order valence-electron chi connectivity index (χ1n) is 6.33. The Labute approximate surface area is 128 Å². The van der Waals surface area contributed by atoms with E-state index in [2.05, 4.69) is 4.98 Å². The van der Waals surface area contributed by atoms with Crippen LogP contribution in [0.2, 0.25) is 0 Å². The molecule has 0 radical (unpaired) electrons. The van der Waals surface area contributed by atoms with Gasteiger partial charge in [0.15, 0.2) is 14.6 Å². The lowest BCUT2D eigenvalue weighted by atomic mass is 10.2. The lowest BCUT2D eigenvalue weighted by Gasteiger charge is -2.12. The number of carbonyl (C=O) groups excluding carboxylic acids is 1. The van der Waals surface area contributed by atoms with Crippen molar-refractivity contribution >= 4 is 40.2 Å². The van der Waals surface area contributed by atoms with Gasteiger partial charge >= 0.3 is 5.97 Å². The maximum atomic E-state index is 12.9. The molecule has 0 bridgehead atoms. The number of fused-ring (bicyclic) bond motifs is 2. The van der Waals surface area contributed by atoms with Crippen LogP contribution in [0, 0.1) is 5.92 Å². The highest BCUT2D eigenvalue weighted by molar-refractivity contribution is 7.94. The Bertz CT molecular complexity index is 844. The van der Waals surface area contributed by atoms with Crippen molar-refractivity contribution in [3.05, 3.63) is 36.5 Å². The first-order valence-corrected chi connectivity index (χ1v) is 7.81. The molecule has 7 heteroatoms. The number of ether oxygens (including phenoxy) is 1. The third kappa shape index (κ3) is 1.67. The maximum absolute atomic E-state index is 12.9. The van der Waals surface area contributed by atoms with Crippen LogP contribution < -0.4 is 0 Å². The summed E-state index contributed by atoms with van der Waals surface area (Å²) in [6.45, 7) is 0.205. The molecule has 5 nitrogen and oxygen atoms in total. The number of sulfone groups is 1. The van der Waals surface area contributed by atoms with E-state index >= 15 is 0 Å². The molecule has 2 fully saturated rings. The Morgan fingerprint density at radius 3 is 2.67 bits per heavy atom. The molecule has 0 N–H and O–H groups in total. The quantitative estimate of drug-likeness (QED) is 0.782. The molecule has 1 aromatic heterocycles. The van der Waals surface area contributed by atoms with E-state index in [1.54, 1.807) is 30.5 Å². The van der Waals surface area contributed by atoms with Gasteiger partial charge in [-0.25, -0.2) is 8.42 Å². The standard InChI is InChI=1S/C14H11NO4S.H2S/c16-13-14(7-10(14)8-19-13)20(17,18)11-5-1-3-9-4-2-6-15-12(9)11;/h1-6,10H,7-8H2;1H2/t10-,14+;/m0./s1. The minimum absolute atomic E-state index is 0. The summed E-state index contributed by atoms with van der Waals surface area (Å²) in [5.41, 5.74) is 0.412. The van der Waals surface area contributed by atoms with E-state index in [1.165, 1.54) is 6.07 Å². The van der Waals surface area contributed by atoms with Crippen molar-refractivity contribution in [2.45, 2.75) is 16.1 Å². The zero-order chi connectivity index (χ0) is 14.0. The number of benzene rings is 1. The maximum Gasteiger partial charge on any atom is 0.328 e. The van der Waals surface area contributed by atoms with Crippen LogP contribution in [0.4, 0.5) is 0 Å². The molecule has 4 rings (SSSR count). The van der Waals surface area contributed by atoms with Crippen molar-refractivity contribution in [3.8, 4) is 0 Å². The second-order valence-electron chi connectivity index (χ2n) is 5.22. The van der Waals surface area contributed by atoms with Gasteiger partial charge in [0.25, 0.3) is 0 Å². The zero-order valence-electron chi connectivity index (χ0n) is 10.9.